The molecule has 0 amide bonds. The zero-order valence-corrected chi connectivity index (χ0v) is 20.0. The van der Waals surface area contributed by atoms with Gasteiger partial charge in [-0.15, -0.1) is 0 Å². The van der Waals surface area contributed by atoms with E-state index in [9.17, 15) is 4.79 Å². The molecule has 0 aliphatic rings. The van der Waals surface area contributed by atoms with E-state index in [4.69, 9.17) is 0 Å². The third-order valence-corrected chi connectivity index (χ3v) is 10.3. The maximum absolute atomic E-state index is 9.81. The monoisotopic (exact) mass is 551 g/mol. The molecule has 0 spiro atoms. The molecule has 0 saturated heterocycles. The van der Waals surface area contributed by atoms with Crippen molar-refractivity contribution >= 4 is 99.7 Å². The molecule has 0 aliphatic heterocycles. The number of hydrogen-bond acceptors (Lipinski definition) is 1. The minimum absolute atomic E-state index is 0.0503. The summed E-state index contributed by atoms with van der Waals surface area (Å²) in [7, 11) is 0. The van der Waals surface area contributed by atoms with Gasteiger partial charge in [0.2, 0.25) is 0 Å². The normalized spacial score (nSPS) is 9.71. The van der Waals surface area contributed by atoms with Gasteiger partial charge in [0.1, 0.15) is 0 Å². The van der Waals surface area contributed by atoms with Gasteiger partial charge in [-0.3, -0.25) is 0 Å². The van der Waals surface area contributed by atoms with Crippen LogP contribution in [0, 0.1) is 0 Å². The average molecular weight is 543 g/mol. The summed E-state index contributed by atoms with van der Waals surface area (Å²) in [6.45, 7) is 0. The van der Waals surface area contributed by atoms with Gasteiger partial charge in [0, 0.05) is 0 Å². The van der Waals surface area contributed by atoms with E-state index in [-0.39, 0.29) is 38.8 Å². The molecular weight excluding hydrogens is 536 g/mol. The molecule has 7 heteroatoms. The first-order chi connectivity index (χ1) is 6.83. The number of allylic oxidation sites excluding steroid dienone is 2. The minimum atomic E-state index is -0.158. The van der Waals surface area contributed by atoms with Crippen molar-refractivity contribution in [2.24, 2.45) is 0 Å². The Morgan fingerprint density at radius 2 is 1.50 bits per heavy atom. The molecule has 0 N–H and O–H groups in total. The number of hydrogen-bond donors (Lipinski definition) is 0. The Morgan fingerprint density at radius 3 is 1.86 bits per heavy atom. The third kappa shape index (κ3) is 23.7. The van der Waals surface area contributed by atoms with Gasteiger partial charge in [-0.2, -0.15) is 0 Å². The van der Waals surface area contributed by atoms with Crippen LogP contribution in [0.1, 0.15) is 0 Å². The molecule has 0 saturated carbocycles. The van der Waals surface area contributed by atoms with Crippen molar-refractivity contribution in [1.29, 1.82) is 0 Å². The Kier molecular flexibility index (Phi) is 27.2. The molecule has 0 bridgehead atoms. The van der Waals surface area contributed by atoms with Gasteiger partial charge >= 0.3 is 127 Å². The fourth-order valence-corrected chi connectivity index (χ4v) is 7.41. The zero-order chi connectivity index (χ0) is 11.1. The maximum atomic E-state index is 9.81. The molecular formula is C7H7Ge6O. The molecule has 14 heavy (non-hydrogen) atoms. The van der Waals surface area contributed by atoms with Gasteiger partial charge in [0.25, 0.3) is 0 Å². The molecule has 0 unspecified atom stereocenters. The summed E-state index contributed by atoms with van der Waals surface area (Å²) in [6, 6.07) is 0. The van der Waals surface area contributed by atoms with Crippen LogP contribution in [-0.2, 0) is 4.79 Å². The molecule has 0 heterocycles. The van der Waals surface area contributed by atoms with Crippen molar-refractivity contribution in [3.05, 3.63) is 22.0 Å². The van der Waals surface area contributed by atoms with Gasteiger partial charge in [-0.05, 0) is 0 Å². The summed E-state index contributed by atoms with van der Waals surface area (Å²) in [4.78, 5) is 18.3. The fourth-order valence-electron chi connectivity index (χ4n) is 0.275. The van der Waals surface area contributed by atoms with E-state index in [1.807, 2.05) is 43.1 Å². The fraction of sp³-hybridized carbons (Fsp3) is 0. The second-order valence-electron chi connectivity index (χ2n) is 1.60. The van der Waals surface area contributed by atoms with Crippen LogP contribution in [0.5, 0.6) is 0 Å². The topological polar surface area (TPSA) is 17.1 Å². The molecule has 0 rings (SSSR count). The molecule has 9 radical (unpaired) electrons. The molecule has 1 nitrogen and oxygen atoms in total. The third-order valence-electron chi connectivity index (χ3n) is 0.694. The van der Waals surface area contributed by atoms with Crippen LogP contribution in [0.4, 0.5) is 0 Å². The summed E-state index contributed by atoms with van der Waals surface area (Å²) < 4.78 is 0. The first kappa shape index (κ1) is 18.5. The number of rotatable bonds is 5. The molecule has 0 aromatic rings. The first-order valence-corrected chi connectivity index (χ1v) is 22.6. The van der Waals surface area contributed by atoms with Crippen molar-refractivity contribution in [2.45, 2.75) is 0 Å². The van der Waals surface area contributed by atoms with Crippen molar-refractivity contribution in [3.63, 3.8) is 0 Å². The van der Waals surface area contributed by atoms with E-state index in [2.05, 4.69) is 34.7 Å². The molecule has 0 fully saturated rings. The Morgan fingerprint density at radius 1 is 0.929 bits per heavy atom. The average Bonchev–Trinajstić information content (AvgIpc) is 2.22. The van der Waals surface area contributed by atoms with E-state index >= 15 is 0 Å². The molecule has 0 aliphatic carbocycles. The van der Waals surface area contributed by atoms with E-state index in [0.717, 1.165) is 5.12 Å². The van der Waals surface area contributed by atoms with E-state index in [1.165, 1.54) is 0 Å². The predicted molar refractivity (Wildman–Crippen MR) is 71.7 cm³/mol. The summed E-state index contributed by atoms with van der Waals surface area (Å²) in [5.41, 5.74) is 0. The summed E-state index contributed by atoms with van der Waals surface area (Å²) in [6.07, 6.45) is 4.15. The van der Waals surface area contributed by atoms with Crippen molar-refractivity contribution in [1.82, 2.24) is 0 Å². The van der Waals surface area contributed by atoms with E-state index in [1.54, 1.807) is 0 Å². The standard InChI is InChI=1S/C4H4Ge3O.C3H3Ge3/c5-2-1-3-6-7-4-8;4-2-1-3-6-5/h1-4H;1-3H/b3-1-,7-6?;3-1-. The van der Waals surface area contributed by atoms with Gasteiger partial charge in [0.05, 0.1) is 0 Å². The van der Waals surface area contributed by atoms with Gasteiger partial charge in [-0.25, -0.2) is 0 Å². The van der Waals surface area contributed by atoms with Crippen LogP contribution in [-0.4, -0.2) is 99.7 Å². The Balaban J connectivity index is 0. The molecule has 0 aromatic heterocycles. The van der Waals surface area contributed by atoms with Gasteiger partial charge < -0.3 is 0 Å². The summed E-state index contributed by atoms with van der Waals surface area (Å²) >= 11 is 6.46. The van der Waals surface area contributed by atoms with Crippen LogP contribution in [0.15, 0.2) is 22.0 Å². The second-order valence-corrected chi connectivity index (χ2v) is 16.2. The van der Waals surface area contributed by atoms with Crippen molar-refractivity contribution < 1.29 is 4.79 Å². The number of carbonyl (C=O) groups excluding carboxylic acids is 1. The van der Waals surface area contributed by atoms with Crippen LogP contribution in [0.25, 0.3) is 0 Å². The summed E-state index contributed by atoms with van der Waals surface area (Å²) in [5, 5.41) is 1.11. The zero-order valence-electron chi connectivity index (χ0n) is 7.45. The van der Waals surface area contributed by atoms with Gasteiger partial charge in [0.15, 0.2) is 0 Å². The van der Waals surface area contributed by atoms with Gasteiger partial charge in [-0.1, -0.05) is 0 Å². The van der Waals surface area contributed by atoms with Crippen LogP contribution >= 0.6 is 0 Å². The van der Waals surface area contributed by atoms with E-state index in [0.29, 0.717) is 0 Å². The van der Waals surface area contributed by atoms with Crippen LogP contribution in [0.3, 0.4) is 0 Å². The predicted octanol–water partition coefficient (Wildman–Crippen LogP) is -1.76. The Bertz CT molecular complexity index is 229. The molecule has 65 valence electrons. The quantitative estimate of drug-likeness (QED) is 0.298. The summed E-state index contributed by atoms with van der Waals surface area (Å²) in [5.74, 6) is 0. The SMILES string of the molecule is O=[CH][Ge]=[Ge]/[CH]=C\[CH]=[Ge].[Ge]=[CH]/C=[CH]\[Ge]=[Ge]. The van der Waals surface area contributed by atoms with Crippen molar-refractivity contribution in [3.8, 4) is 0 Å². The Hall–Kier alpha value is 2.15. The van der Waals surface area contributed by atoms with Crippen LogP contribution < -0.4 is 0 Å². The van der Waals surface area contributed by atoms with Crippen molar-refractivity contribution in [2.75, 3.05) is 0 Å². The number of carbonyl (C=O) groups is 1. The molecule has 0 aromatic carbocycles. The first-order valence-electron chi connectivity index (χ1n) is 3.51. The Labute approximate surface area is 124 Å². The molecule has 0 atom stereocenters. The van der Waals surface area contributed by atoms with Crippen LogP contribution in [0.2, 0.25) is 0 Å². The second kappa shape index (κ2) is 20.5. The van der Waals surface area contributed by atoms with E-state index < -0.39 is 0 Å².